The van der Waals surface area contributed by atoms with Gasteiger partial charge in [0.2, 0.25) is 5.91 Å². The Morgan fingerprint density at radius 2 is 1.75 bits per heavy atom. The molecular formula is C17H21NO5S. The first-order valence-electron chi connectivity index (χ1n) is 8.32. The fourth-order valence-corrected chi connectivity index (χ4v) is 4.06. The second kappa shape index (κ2) is 6.82. The van der Waals surface area contributed by atoms with Crippen molar-refractivity contribution in [2.75, 3.05) is 45.3 Å². The highest BCUT2D eigenvalue weighted by Gasteiger charge is 2.40. The summed E-state index contributed by atoms with van der Waals surface area (Å²) in [5.74, 6) is 1.68. The van der Waals surface area contributed by atoms with Crippen LogP contribution in [-0.4, -0.2) is 61.9 Å². The van der Waals surface area contributed by atoms with Crippen molar-refractivity contribution in [2.24, 2.45) is 0 Å². The van der Waals surface area contributed by atoms with Crippen LogP contribution in [0.3, 0.4) is 0 Å². The van der Waals surface area contributed by atoms with Crippen molar-refractivity contribution >= 4 is 17.7 Å². The third-order valence-corrected chi connectivity index (χ3v) is 5.55. The minimum Gasteiger partial charge on any atom is -0.486 e. The molecule has 6 nitrogen and oxygen atoms in total. The number of benzene rings is 1. The number of likely N-dealkylation sites (tertiary alicyclic amines) is 1. The molecule has 0 unspecified atom stereocenters. The van der Waals surface area contributed by atoms with Gasteiger partial charge in [-0.3, -0.25) is 4.79 Å². The lowest BCUT2D eigenvalue weighted by molar-refractivity contribution is -0.186. The highest BCUT2D eigenvalue weighted by molar-refractivity contribution is 8.00. The number of hydrogen-bond acceptors (Lipinski definition) is 6. The number of rotatable bonds is 3. The lowest BCUT2D eigenvalue weighted by Crippen LogP contribution is -2.47. The van der Waals surface area contributed by atoms with E-state index in [1.54, 1.807) is 0 Å². The maximum absolute atomic E-state index is 12.4. The summed E-state index contributed by atoms with van der Waals surface area (Å²) in [5.41, 5.74) is 0. The topological polar surface area (TPSA) is 57.2 Å². The molecule has 1 spiro atoms. The van der Waals surface area contributed by atoms with Crippen LogP contribution in [0.5, 0.6) is 11.5 Å². The number of piperidine rings is 1. The van der Waals surface area contributed by atoms with Crippen molar-refractivity contribution in [3.05, 3.63) is 18.2 Å². The van der Waals surface area contributed by atoms with Gasteiger partial charge in [-0.1, -0.05) is 0 Å². The molecule has 0 radical (unpaired) electrons. The predicted molar refractivity (Wildman–Crippen MR) is 88.6 cm³/mol. The van der Waals surface area contributed by atoms with Crippen LogP contribution >= 0.6 is 11.8 Å². The van der Waals surface area contributed by atoms with Gasteiger partial charge in [-0.25, -0.2) is 0 Å². The lowest BCUT2D eigenvalue weighted by atomic mass is 10.0. The van der Waals surface area contributed by atoms with Gasteiger partial charge in [0, 0.05) is 30.8 Å². The quantitative estimate of drug-likeness (QED) is 0.776. The summed E-state index contributed by atoms with van der Waals surface area (Å²) in [6.45, 7) is 3.87. The van der Waals surface area contributed by atoms with Crippen molar-refractivity contribution in [3.8, 4) is 11.5 Å². The van der Waals surface area contributed by atoms with Gasteiger partial charge < -0.3 is 23.8 Å². The zero-order chi connectivity index (χ0) is 16.4. The Kier molecular flexibility index (Phi) is 4.56. The number of thioether (sulfide) groups is 1. The highest BCUT2D eigenvalue weighted by Crippen LogP contribution is 2.35. The van der Waals surface area contributed by atoms with E-state index in [2.05, 4.69) is 0 Å². The molecule has 130 valence electrons. The molecule has 0 aromatic heterocycles. The summed E-state index contributed by atoms with van der Waals surface area (Å²) >= 11 is 1.53. The Bertz CT molecular complexity index is 607. The zero-order valence-corrected chi connectivity index (χ0v) is 14.3. The van der Waals surface area contributed by atoms with Crippen molar-refractivity contribution < 1.29 is 23.7 Å². The van der Waals surface area contributed by atoms with E-state index >= 15 is 0 Å². The number of hydrogen-bond donors (Lipinski definition) is 0. The molecule has 0 N–H and O–H groups in total. The molecule has 0 saturated carbocycles. The van der Waals surface area contributed by atoms with E-state index < -0.39 is 5.79 Å². The van der Waals surface area contributed by atoms with E-state index in [4.69, 9.17) is 18.9 Å². The van der Waals surface area contributed by atoms with E-state index in [1.165, 1.54) is 11.8 Å². The predicted octanol–water partition coefficient (Wildman–Crippen LogP) is 1.92. The van der Waals surface area contributed by atoms with Gasteiger partial charge in [0.15, 0.2) is 17.3 Å². The monoisotopic (exact) mass is 351 g/mol. The number of amides is 1. The molecule has 1 aromatic rings. The number of nitrogens with zero attached hydrogens (tertiary/aromatic N) is 1. The normalized spacial score (nSPS) is 21.9. The Labute approximate surface area is 145 Å². The van der Waals surface area contributed by atoms with Crippen molar-refractivity contribution in [1.29, 1.82) is 0 Å². The maximum Gasteiger partial charge on any atom is 0.232 e. The van der Waals surface area contributed by atoms with Gasteiger partial charge >= 0.3 is 0 Å². The summed E-state index contributed by atoms with van der Waals surface area (Å²) < 4.78 is 22.5. The van der Waals surface area contributed by atoms with Crippen LogP contribution in [0, 0.1) is 0 Å². The van der Waals surface area contributed by atoms with Crippen LogP contribution in [0.25, 0.3) is 0 Å². The first kappa shape index (κ1) is 16.1. The molecule has 0 atom stereocenters. The molecule has 0 bridgehead atoms. The molecule has 3 aliphatic heterocycles. The second-order valence-corrected chi connectivity index (χ2v) is 7.13. The summed E-state index contributed by atoms with van der Waals surface area (Å²) in [6.07, 6.45) is 1.51. The summed E-state index contributed by atoms with van der Waals surface area (Å²) in [7, 11) is 0. The lowest BCUT2D eigenvalue weighted by Gasteiger charge is -2.37. The fourth-order valence-electron chi connectivity index (χ4n) is 3.23. The van der Waals surface area contributed by atoms with Gasteiger partial charge in [0.1, 0.15) is 13.2 Å². The Balaban J connectivity index is 1.29. The summed E-state index contributed by atoms with van der Waals surface area (Å²) in [4.78, 5) is 15.4. The van der Waals surface area contributed by atoms with Crippen molar-refractivity contribution in [3.63, 3.8) is 0 Å². The molecule has 2 saturated heterocycles. The minimum absolute atomic E-state index is 0.155. The van der Waals surface area contributed by atoms with E-state index in [0.717, 1.165) is 29.2 Å². The van der Waals surface area contributed by atoms with Crippen LogP contribution < -0.4 is 9.47 Å². The van der Waals surface area contributed by atoms with Gasteiger partial charge in [0.05, 0.1) is 19.0 Å². The van der Waals surface area contributed by atoms with Gasteiger partial charge in [-0.2, -0.15) is 0 Å². The average molecular weight is 351 g/mol. The molecule has 4 rings (SSSR count). The second-order valence-electron chi connectivity index (χ2n) is 6.08. The third kappa shape index (κ3) is 3.34. The van der Waals surface area contributed by atoms with Crippen molar-refractivity contribution in [1.82, 2.24) is 4.90 Å². The highest BCUT2D eigenvalue weighted by atomic mass is 32.2. The molecule has 1 amide bonds. The Hall–Kier alpha value is -1.44. The van der Waals surface area contributed by atoms with E-state index in [9.17, 15) is 4.79 Å². The van der Waals surface area contributed by atoms with Crippen LogP contribution in [0.2, 0.25) is 0 Å². The van der Waals surface area contributed by atoms with Crippen LogP contribution in [0.4, 0.5) is 0 Å². The SMILES string of the molecule is O=C(CSc1ccc2c(c1)OCCO2)N1CCC2(CC1)OCCO2. The van der Waals surface area contributed by atoms with Crippen molar-refractivity contribution in [2.45, 2.75) is 23.5 Å². The minimum atomic E-state index is -0.431. The number of carbonyl (C=O) groups excluding carboxylic acids is 1. The smallest absolute Gasteiger partial charge is 0.232 e. The molecule has 2 fully saturated rings. The van der Waals surface area contributed by atoms with E-state index in [0.29, 0.717) is 45.3 Å². The fraction of sp³-hybridized carbons (Fsp3) is 0.588. The first-order valence-corrected chi connectivity index (χ1v) is 9.31. The summed E-state index contributed by atoms with van der Waals surface area (Å²) in [5, 5.41) is 0. The average Bonchev–Trinajstić information content (AvgIpc) is 3.08. The van der Waals surface area contributed by atoms with Gasteiger partial charge in [-0.05, 0) is 18.2 Å². The van der Waals surface area contributed by atoms with E-state index in [1.807, 2.05) is 23.1 Å². The van der Waals surface area contributed by atoms with E-state index in [-0.39, 0.29) is 5.91 Å². The van der Waals surface area contributed by atoms with Crippen LogP contribution in [-0.2, 0) is 14.3 Å². The van der Waals surface area contributed by atoms with Crippen LogP contribution in [0.15, 0.2) is 23.1 Å². The molecule has 7 heteroatoms. The summed E-state index contributed by atoms with van der Waals surface area (Å²) in [6, 6.07) is 5.81. The number of carbonyl (C=O) groups is 1. The molecular weight excluding hydrogens is 330 g/mol. The van der Waals surface area contributed by atoms with Gasteiger partial charge in [-0.15, -0.1) is 11.8 Å². The zero-order valence-electron chi connectivity index (χ0n) is 13.5. The molecule has 0 aliphatic carbocycles. The first-order chi connectivity index (χ1) is 11.7. The molecule has 24 heavy (non-hydrogen) atoms. The van der Waals surface area contributed by atoms with Crippen LogP contribution in [0.1, 0.15) is 12.8 Å². The van der Waals surface area contributed by atoms with Gasteiger partial charge in [0.25, 0.3) is 0 Å². The number of ether oxygens (including phenoxy) is 4. The Morgan fingerprint density at radius 3 is 2.50 bits per heavy atom. The standard InChI is InChI=1S/C17H21NO5S/c19-16(18-5-3-17(4-6-18)22-9-10-23-17)12-24-13-1-2-14-15(11-13)21-8-7-20-14/h1-2,11H,3-10,12H2. The molecule has 1 aromatic carbocycles. The molecule has 3 aliphatic rings. The third-order valence-electron chi connectivity index (χ3n) is 4.57. The molecule has 3 heterocycles. The Morgan fingerprint density at radius 1 is 1.04 bits per heavy atom. The number of fused-ring (bicyclic) bond motifs is 1. The maximum atomic E-state index is 12.4. The largest absolute Gasteiger partial charge is 0.486 e.